The summed E-state index contributed by atoms with van der Waals surface area (Å²) in [6, 6.07) is 0. The van der Waals surface area contributed by atoms with Gasteiger partial charge in [0.1, 0.15) is 0 Å². The maximum absolute atomic E-state index is 10.2. The van der Waals surface area contributed by atoms with Gasteiger partial charge in [0.05, 0.1) is 5.60 Å². The molecule has 2 heteroatoms. The molecule has 0 spiro atoms. The van der Waals surface area contributed by atoms with Crippen molar-refractivity contribution < 1.29 is 9.84 Å². The highest BCUT2D eigenvalue weighted by molar-refractivity contribution is 4.87. The van der Waals surface area contributed by atoms with Crippen LogP contribution in [-0.4, -0.2) is 24.4 Å². The largest absolute Gasteiger partial charge is 0.390 e. The average molecular weight is 186 g/mol. The first kappa shape index (κ1) is 11.0. The van der Waals surface area contributed by atoms with Crippen molar-refractivity contribution >= 4 is 0 Å². The number of aliphatic hydroxyl groups is 1. The van der Waals surface area contributed by atoms with Crippen molar-refractivity contribution in [1.82, 2.24) is 0 Å². The Balaban J connectivity index is 2.27. The minimum Gasteiger partial charge on any atom is -0.390 e. The Morgan fingerprint density at radius 2 is 2.15 bits per heavy atom. The van der Waals surface area contributed by atoms with E-state index in [1.165, 1.54) is 12.8 Å². The van der Waals surface area contributed by atoms with Crippen molar-refractivity contribution in [3.63, 3.8) is 0 Å². The molecule has 1 fully saturated rings. The molecule has 0 amide bonds. The summed E-state index contributed by atoms with van der Waals surface area (Å²) in [5.74, 6) is 1.13. The van der Waals surface area contributed by atoms with Gasteiger partial charge in [-0.05, 0) is 31.6 Å². The quantitative estimate of drug-likeness (QED) is 0.689. The number of ether oxygens (including phenoxy) is 1. The summed E-state index contributed by atoms with van der Waals surface area (Å²) in [6.07, 6.45) is 4.55. The second-order valence-electron chi connectivity index (χ2n) is 4.69. The molecule has 2 unspecified atom stereocenters. The molecular formula is C11H22O2. The predicted molar refractivity (Wildman–Crippen MR) is 53.6 cm³/mol. The number of methoxy groups -OCH3 is 1. The average Bonchev–Trinajstić information content (AvgIpc) is 2.83. The zero-order chi connectivity index (χ0) is 9.90. The van der Waals surface area contributed by atoms with Crippen LogP contribution in [0, 0.1) is 11.8 Å². The molecule has 0 aromatic carbocycles. The van der Waals surface area contributed by atoms with Gasteiger partial charge < -0.3 is 9.84 Å². The Hall–Kier alpha value is -0.0800. The third-order valence-electron chi connectivity index (χ3n) is 3.22. The van der Waals surface area contributed by atoms with Crippen molar-refractivity contribution in [3.05, 3.63) is 0 Å². The Labute approximate surface area is 81.3 Å². The summed E-state index contributed by atoms with van der Waals surface area (Å²) in [5, 5.41) is 10.2. The van der Waals surface area contributed by atoms with Crippen molar-refractivity contribution in [1.29, 1.82) is 0 Å². The van der Waals surface area contributed by atoms with E-state index in [0.717, 1.165) is 25.4 Å². The molecule has 0 aromatic rings. The summed E-state index contributed by atoms with van der Waals surface area (Å²) < 4.78 is 5.02. The third kappa shape index (κ3) is 3.65. The molecule has 0 bridgehead atoms. The zero-order valence-electron chi connectivity index (χ0n) is 9.05. The molecule has 0 radical (unpaired) electrons. The lowest BCUT2D eigenvalue weighted by Gasteiger charge is -2.30. The Kier molecular flexibility index (Phi) is 3.74. The fraction of sp³-hybridized carbons (Fsp3) is 1.00. The van der Waals surface area contributed by atoms with Crippen LogP contribution in [0.15, 0.2) is 0 Å². The molecule has 13 heavy (non-hydrogen) atoms. The summed E-state index contributed by atoms with van der Waals surface area (Å²) >= 11 is 0. The minimum atomic E-state index is -0.486. The van der Waals surface area contributed by atoms with E-state index in [4.69, 9.17) is 4.74 Å². The van der Waals surface area contributed by atoms with Crippen LogP contribution in [0.25, 0.3) is 0 Å². The first-order valence-electron chi connectivity index (χ1n) is 5.27. The molecule has 78 valence electrons. The molecule has 0 aliphatic heterocycles. The van der Waals surface area contributed by atoms with Crippen LogP contribution >= 0.6 is 0 Å². The predicted octanol–water partition coefficient (Wildman–Crippen LogP) is 2.21. The normalized spacial score (nSPS) is 24.0. The first-order chi connectivity index (χ1) is 6.06. The molecule has 1 aliphatic rings. The second-order valence-corrected chi connectivity index (χ2v) is 4.69. The van der Waals surface area contributed by atoms with E-state index < -0.39 is 5.60 Å². The van der Waals surface area contributed by atoms with Crippen molar-refractivity contribution in [2.45, 2.75) is 45.1 Å². The first-order valence-corrected chi connectivity index (χ1v) is 5.27. The van der Waals surface area contributed by atoms with Crippen LogP contribution in [0.2, 0.25) is 0 Å². The van der Waals surface area contributed by atoms with Gasteiger partial charge in [0.25, 0.3) is 0 Å². The summed E-state index contributed by atoms with van der Waals surface area (Å²) in [7, 11) is 1.71. The van der Waals surface area contributed by atoms with Gasteiger partial charge in [-0.3, -0.25) is 0 Å². The highest BCUT2D eigenvalue weighted by atomic mass is 16.5. The third-order valence-corrected chi connectivity index (χ3v) is 3.22. The van der Waals surface area contributed by atoms with Crippen LogP contribution in [0.1, 0.15) is 39.5 Å². The Morgan fingerprint density at radius 1 is 1.54 bits per heavy atom. The van der Waals surface area contributed by atoms with Crippen molar-refractivity contribution in [2.75, 3.05) is 13.7 Å². The fourth-order valence-electron chi connectivity index (χ4n) is 1.71. The van der Waals surface area contributed by atoms with E-state index in [9.17, 15) is 5.11 Å². The molecule has 0 aromatic heterocycles. The van der Waals surface area contributed by atoms with E-state index in [1.807, 2.05) is 6.92 Å². The van der Waals surface area contributed by atoms with Crippen LogP contribution in [0.5, 0.6) is 0 Å². The molecule has 1 aliphatic carbocycles. The molecule has 0 heterocycles. The van der Waals surface area contributed by atoms with Gasteiger partial charge in [0.2, 0.25) is 0 Å². The van der Waals surface area contributed by atoms with Gasteiger partial charge >= 0.3 is 0 Å². The summed E-state index contributed by atoms with van der Waals surface area (Å²) in [5.41, 5.74) is -0.486. The molecular weight excluding hydrogens is 164 g/mol. The van der Waals surface area contributed by atoms with E-state index >= 15 is 0 Å². The minimum absolute atomic E-state index is 0.341. The lowest BCUT2D eigenvalue weighted by molar-refractivity contribution is -0.0176. The molecule has 1 N–H and O–H groups in total. The number of hydrogen-bond acceptors (Lipinski definition) is 2. The summed E-state index contributed by atoms with van der Waals surface area (Å²) in [4.78, 5) is 0. The smallest absolute Gasteiger partial charge is 0.0648 e. The van der Waals surface area contributed by atoms with Gasteiger partial charge in [-0.2, -0.15) is 0 Å². The summed E-state index contributed by atoms with van der Waals surface area (Å²) in [6.45, 7) is 4.83. The highest BCUT2D eigenvalue weighted by Crippen LogP contribution is 2.39. The van der Waals surface area contributed by atoms with Crippen LogP contribution in [-0.2, 0) is 4.74 Å². The SMILES string of the molecule is COCCC(C)C(C)(O)CC1CC1. The van der Waals surface area contributed by atoms with E-state index in [1.54, 1.807) is 7.11 Å². The maximum atomic E-state index is 10.2. The Bertz CT molecular complexity index is 150. The lowest BCUT2D eigenvalue weighted by Crippen LogP contribution is -2.34. The molecule has 1 saturated carbocycles. The number of rotatable bonds is 6. The van der Waals surface area contributed by atoms with Crippen LogP contribution in [0.4, 0.5) is 0 Å². The molecule has 2 atom stereocenters. The molecule has 1 rings (SSSR count). The number of hydrogen-bond donors (Lipinski definition) is 1. The lowest BCUT2D eigenvalue weighted by atomic mass is 9.84. The van der Waals surface area contributed by atoms with Gasteiger partial charge in [0.15, 0.2) is 0 Å². The molecule has 0 saturated heterocycles. The van der Waals surface area contributed by atoms with Gasteiger partial charge in [-0.25, -0.2) is 0 Å². The topological polar surface area (TPSA) is 29.5 Å². The van der Waals surface area contributed by atoms with Gasteiger partial charge in [0, 0.05) is 13.7 Å². The monoisotopic (exact) mass is 186 g/mol. The zero-order valence-corrected chi connectivity index (χ0v) is 9.05. The fourth-order valence-corrected chi connectivity index (χ4v) is 1.71. The highest BCUT2D eigenvalue weighted by Gasteiger charge is 2.35. The van der Waals surface area contributed by atoms with Crippen LogP contribution < -0.4 is 0 Å². The van der Waals surface area contributed by atoms with Crippen molar-refractivity contribution in [3.8, 4) is 0 Å². The maximum Gasteiger partial charge on any atom is 0.0648 e. The van der Waals surface area contributed by atoms with Gasteiger partial charge in [-0.1, -0.05) is 19.8 Å². The van der Waals surface area contributed by atoms with E-state index in [-0.39, 0.29) is 0 Å². The Morgan fingerprint density at radius 3 is 2.62 bits per heavy atom. The van der Waals surface area contributed by atoms with Crippen molar-refractivity contribution in [2.24, 2.45) is 11.8 Å². The van der Waals surface area contributed by atoms with Crippen LogP contribution in [0.3, 0.4) is 0 Å². The van der Waals surface area contributed by atoms with E-state index in [0.29, 0.717) is 5.92 Å². The van der Waals surface area contributed by atoms with E-state index in [2.05, 4.69) is 6.92 Å². The molecule has 2 nitrogen and oxygen atoms in total. The standard InChI is InChI=1S/C11H22O2/c1-9(6-7-13-3)11(2,12)8-10-4-5-10/h9-10,12H,4-8H2,1-3H3. The van der Waals surface area contributed by atoms with Gasteiger partial charge in [-0.15, -0.1) is 0 Å². The second kappa shape index (κ2) is 4.43.